The standard InChI is InChI=1S/C10H10N2O2S/c1-2-15-10-9(11-14-12(10)13)8-6-4-3-5-7-8/h3-7H,2H2,1H3. The fourth-order valence-corrected chi connectivity index (χ4v) is 1.97. The van der Waals surface area contributed by atoms with Gasteiger partial charge in [0, 0.05) is 10.7 Å². The summed E-state index contributed by atoms with van der Waals surface area (Å²) in [7, 11) is 0. The predicted molar refractivity (Wildman–Crippen MR) is 57.3 cm³/mol. The van der Waals surface area contributed by atoms with Gasteiger partial charge in [-0.15, -0.1) is 0 Å². The molecule has 0 aliphatic heterocycles. The van der Waals surface area contributed by atoms with E-state index in [4.69, 9.17) is 0 Å². The molecule has 15 heavy (non-hydrogen) atoms. The lowest BCUT2D eigenvalue weighted by molar-refractivity contribution is -0.831. The molecule has 0 spiro atoms. The minimum atomic E-state index is 0.455. The monoisotopic (exact) mass is 222 g/mol. The minimum absolute atomic E-state index is 0.455. The summed E-state index contributed by atoms with van der Waals surface area (Å²) in [4.78, 5) is 0.455. The quantitative estimate of drug-likeness (QED) is 0.589. The SMILES string of the molecule is CCSc1c(-c2ccccc2)no[n+]1[O-]. The van der Waals surface area contributed by atoms with Gasteiger partial charge in [0.2, 0.25) is 0 Å². The van der Waals surface area contributed by atoms with Crippen LogP contribution < -0.4 is 4.90 Å². The van der Waals surface area contributed by atoms with Crippen molar-refractivity contribution >= 4 is 11.8 Å². The lowest BCUT2D eigenvalue weighted by Crippen LogP contribution is -2.25. The number of aromatic nitrogens is 2. The molecule has 0 saturated carbocycles. The molecule has 2 rings (SSSR count). The summed E-state index contributed by atoms with van der Waals surface area (Å²) in [5, 5.41) is 15.5. The van der Waals surface area contributed by atoms with Crippen LogP contribution in [0, 0.1) is 5.21 Å². The Morgan fingerprint density at radius 1 is 1.40 bits per heavy atom. The van der Waals surface area contributed by atoms with Crippen LogP contribution in [0.5, 0.6) is 0 Å². The molecule has 0 amide bonds. The summed E-state index contributed by atoms with van der Waals surface area (Å²) < 4.78 is 4.59. The summed E-state index contributed by atoms with van der Waals surface area (Å²) in [6, 6.07) is 9.52. The molecule has 0 bridgehead atoms. The van der Waals surface area contributed by atoms with Crippen LogP contribution in [-0.2, 0) is 0 Å². The number of rotatable bonds is 3. The second-order valence-corrected chi connectivity index (χ2v) is 4.14. The molecular formula is C10H10N2O2S. The van der Waals surface area contributed by atoms with E-state index in [1.165, 1.54) is 11.8 Å². The predicted octanol–water partition coefficient (Wildman–Crippen LogP) is 2.09. The first-order valence-corrected chi connectivity index (χ1v) is 5.59. The Kier molecular flexibility index (Phi) is 2.91. The summed E-state index contributed by atoms with van der Waals surface area (Å²) in [6.45, 7) is 1.98. The number of thioether (sulfide) groups is 1. The van der Waals surface area contributed by atoms with Crippen LogP contribution >= 0.6 is 11.8 Å². The largest absolute Gasteiger partial charge is 0.359 e. The van der Waals surface area contributed by atoms with Crippen LogP contribution in [0.2, 0.25) is 0 Å². The molecule has 2 aromatic rings. The van der Waals surface area contributed by atoms with Crippen LogP contribution in [0.3, 0.4) is 0 Å². The van der Waals surface area contributed by atoms with E-state index in [0.717, 1.165) is 11.3 Å². The maximum atomic E-state index is 11.3. The maximum absolute atomic E-state index is 11.3. The summed E-state index contributed by atoms with van der Waals surface area (Å²) >= 11 is 1.42. The van der Waals surface area contributed by atoms with Crippen LogP contribution in [0.15, 0.2) is 40.0 Å². The molecular weight excluding hydrogens is 212 g/mol. The number of nitrogens with zero attached hydrogens (tertiary/aromatic N) is 2. The maximum Gasteiger partial charge on any atom is 0.262 e. The van der Waals surface area contributed by atoms with Gasteiger partial charge >= 0.3 is 0 Å². The van der Waals surface area contributed by atoms with E-state index in [2.05, 4.69) is 9.79 Å². The molecule has 0 atom stereocenters. The zero-order valence-electron chi connectivity index (χ0n) is 8.21. The van der Waals surface area contributed by atoms with Crippen LogP contribution in [0.1, 0.15) is 6.92 Å². The third-order valence-electron chi connectivity index (χ3n) is 1.90. The topological polar surface area (TPSA) is 53.0 Å². The van der Waals surface area contributed by atoms with Gasteiger partial charge in [-0.2, -0.15) is 0 Å². The lowest BCUT2D eigenvalue weighted by atomic mass is 10.2. The van der Waals surface area contributed by atoms with Crippen molar-refractivity contribution in [1.82, 2.24) is 5.16 Å². The van der Waals surface area contributed by atoms with Crippen molar-refractivity contribution in [2.24, 2.45) is 0 Å². The highest BCUT2D eigenvalue weighted by Crippen LogP contribution is 2.26. The van der Waals surface area contributed by atoms with Gasteiger partial charge in [0.15, 0.2) is 0 Å². The molecule has 78 valence electrons. The molecule has 0 unspecified atom stereocenters. The Morgan fingerprint density at radius 2 is 2.13 bits per heavy atom. The van der Waals surface area contributed by atoms with Gasteiger partial charge in [0.1, 0.15) is 0 Å². The second-order valence-electron chi connectivity index (χ2n) is 2.88. The van der Waals surface area contributed by atoms with Gasteiger partial charge in [0.05, 0.1) is 0 Å². The normalized spacial score (nSPS) is 10.5. The molecule has 1 aromatic heterocycles. The van der Waals surface area contributed by atoms with E-state index >= 15 is 0 Å². The van der Waals surface area contributed by atoms with Crippen molar-refractivity contribution in [1.29, 1.82) is 0 Å². The number of hydrogen-bond acceptors (Lipinski definition) is 4. The van der Waals surface area contributed by atoms with Crippen molar-refractivity contribution in [3.63, 3.8) is 0 Å². The van der Waals surface area contributed by atoms with Crippen molar-refractivity contribution in [3.8, 4) is 11.3 Å². The first-order valence-electron chi connectivity index (χ1n) is 4.61. The summed E-state index contributed by atoms with van der Waals surface area (Å²) in [5.74, 6) is 0.809. The number of hydrogen-bond donors (Lipinski definition) is 0. The summed E-state index contributed by atoms with van der Waals surface area (Å²) in [5.41, 5.74) is 1.50. The third-order valence-corrected chi connectivity index (χ3v) is 2.81. The van der Waals surface area contributed by atoms with Gasteiger partial charge < -0.3 is 5.21 Å². The van der Waals surface area contributed by atoms with Crippen molar-refractivity contribution in [2.75, 3.05) is 5.75 Å². The molecule has 1 aromatic carbocycles. The zero-order valence-corrected chi connectivity index (χ0v) is 9.03. The van der Waals surface area contributed by atoms with Crippen molar-refractivity contribution in [3.05, 3.63) is 35.5 Å². The van der Waals surface area contributed by atoms with Gasteiger partial charge in [0.25, 0.3) is 10.7 Å². The Bertz CT molecular complexity index is 442. The first kappa shape index (κ1) is 10.0. The fourth-order valence-electron chi connectivity index (χ4n) is 1.27. The van der Waals surface area contributed by atoms with Crippen LogP contribution in [0.25, 0.3) is 11.3 Å². The summed E-state index contributed by atoms with van der Waals surface area (Å²) in [6.07, 6.45) is 0. The molecule has 1 heterocycles. The zero-order chi connectivity index (χ0) is 10.7. The van der Waals surface area contributed by atoms with E-state index in [1.54, 1.807) is 0 Å². The van der Waals surface area contributed by atoms with Gasteiger partial charge in [-0.3, -0.25) is 4.63 Å². The first-order chi connectivity index (χ1) is 7.33. The van der Waals surface area contributed by atoms with Gasteiger partial charge in [-0.1, -0.05) is 49.0 Å². The number of benzene rings is 1. The highest BCUT2D eigenvalue weighted by molar-refractivity contribution is 7.99. The van der Waals surface area contributed by atoms with Crippen LogP contribution in [-0.4, -0.2) is 10.9 Å². The highest BCUT2D eigenvalue weighted by Gasteiger charge is 2.20. The van der Waals surface area contributed by atoms with E-state index < -0.39 is 0 Å². The molecule has 0 aliphatic carbocycles. The Labute approximate surface area is 91.4 Å². The smallest absolute Gasteiger partial charge is 0.262 e. The average Bonchev–Trinajstić information content (AvgIpc) is 2.63. The molecule has 0 saturated heterocycles. The highest BCUT2D eigenvalue weighted by atomic mass is 32.2. The average molecular weight is 222 g/mol. The Morgan fingerprint density at radius 3 is 2.80 bits per heavy atom. The van der Waals surface area contributed by atoms with Crippen LogP contribution in [0.4, 0.5) is 0 Å². The minimum Gasteiger partial charge on any atom is -0.359 e. The van der Waals surface area contributed by atoms with E-state index in [-0.39, 0.29) is 0 Å². The molecule has 0 radical (unpaired) electrons. The van der Waals surface area contributed by atoms with E-state index in [9.17, 15) is 5.21 Å². The second kappa shape index (κ2) is 4.35. The lowest BCUT2D eigenvalue weighted by Gasteiger charge is -1.95. The molecule has 0 fully saturated rings. The van der Waals surface area contributed by atoms with Crippen molar-refractivity contribution in [2.45, 2.75) is 11.9 Å². The van der Waals surface area contributed by atoms with E-state index in [0.29, 0.717) is 15.6 Å². The fraction of sp³-hybridized carbons (Fsp3) is 0.200. The van der Waals surface area contributed by atoms with Gasteiger partial charge in [-0.25, -0.2) is 0 Å². The Balaban J connectivity index is 2.44. The van der Waals surface area contributed by atoms with E-state index in [1.807, 2.05) is 37.3 Å². The van der Waals surface area contributed by atoms with Gasteiger partial charge in [-0.05, 0) is 10.7 Å². The van der Waals surface area contributed by atoms with Crippen molar-refractivity contribution < 1.29 is 9.53 Å². The Hall–Kier alpha value is -1.49. The molecule has 4 nitrogen and oxygen atoms in total. The molecule has 0 N–H and O–H groups in total. The molecule has 0 aliphatic rings. The molecule has 5 heteroatoms. The third kappa shape index (κ3) is 1.97.